The van der Waals surface area contributed by atoms with E-state index in [0.29, 0.717) is 27.2 Å². The molecule has 4 aromatic rings. The van der Waals surface area contributed by atoms with Crippen molar-refractivity contribution in [1.82, 2.24) is 4.98 Å². The Balaban J connectivity index is 1.48. The molecule has 0 bridgehead atoms. The van der Waals surface area contributed by atoms with E-state index in [4.69, 9.17) is 21.1 Å². The molecule has 1 N–H and O–H groups in total. The molecule has 0 fully saturated rings. The Morgan fingerprint density at radius 1 is 1.09 bits per heavy atom. The number of rotatable bonds is 7. The van der Waals surface area contributed by atoms with Gasteiger partial charge in [-0.15, -0.1) is 11.3 Å². The molecule has 9 heteroatoms. The van der Waals surface area contributed by atoms with Gasteiger partial charge in [-0.2, -0.15) is 0 Å². The number of amides is 1. The van der Waals surface area contributed by atoms with Crippen molar-refractivity contribution in [2.75, 3.05) is 12.4 Å². The van der Waals surface area contributed by atoms with Gasteiger partial charge in [-0.1, -0.05) is 17.7 Å². The topological polar surface area (TPSA) is 60.5 Å². The summed E-state index contributed by atoms with van der Waals surface area (Å²) in [7, 11) is 1.48. The molecular formula is C24H17ClF2N2O3S. The second-order valence-corrected chi connectivity index (χ2v) is 8.19. The molecule has 0 unspecified atom stereocenters. The fraction of sp³-hybridized carbons (Fsp3) is 0.0833. The van der Waals surface area contributed by atoms with Crippen molar-refractivity contribution in [2.24, 2.45) is 0 Å². The first-order chi connectivity index (χ1) is 15.9. The third-order valence-electron chi connectivity index (χ3n) is 4.63. The summed E-state index contributed by atoms with van der Waals surface area (Å²) in [5.41, 5.74) is 1.78. The van der Waals surface area contributed by atoms with Crippen LogP contribution < -0.4 is 14.8 Å². The first-order valence-electron chi connectivity index (χ1n) is 9.70. The van der Waals surface area contributed by atoms with Crippen molar-refractivity contribution in [3.05, 3.63) is 94.0 Å². The van der Waals surface area contributed by atoms with Crippen molar-refractivity contribution >= 4 is 34.5 Å². The highest BCUT2D eigenvalue weighted by molar-refractivity contribution is 7.13. The standard InChI is InChI=1S/C24H17ClF2N2O3S/c1-31-22-9-14(6-8-21(22)32-12-15-5-7-17(26)11-19(15)27)24-29-20(13-33-24)23(30)28-18-4-2-3-16(25)10-18/h2-11,13H,12H2,1H3,(H,28,30). The summed E-state index contributed by atoms with van der Waals surface area (Å²) in [6, 6.07) is 15.3. The minimum Gasteiger partial charge on any atom is -0.493 e. The quantitative estimate of drug-likeness (QED) is 0.320. The fourth-order valence-electron chi connectivity index (χ4n) is 2.99. The third kappa shape index (κ3) is 5.47. The summed E-state index contributed by atoms with van der Waals surface area (Å²) < 4.78 is 38.0. The van der Waals surface area contributed by atoms with Crippen molar-refractivity contribution in [3.63, 3.8) is 0 Å². The van der Waals surface area contributed by atoms with Crippen LogP contribution in [-0.2, 0) is 6.61 Å². The average Bonchev–Trinajstić information content (AvgIpc) is 3.29. The zero-order chi connectivity index (χ0) is 23.4. The van der Waals surface area contributed by atoms with E-state index < -0.39 is 11.6 Å². The maximum Gasteiger partial charge on any atom is 0.275 e. The molecule has 1 amide bonds. The van der Waals surface area contributed by atoms with Crippen LogP contribution in [0, 0.1) is 11.6 Å². The molecular weight excluding hydrogens is 470 g/mol. The number of thiazole rings is 1. The summed E-state index contributed by atoms with van der Waals surface area (Å²) in [5, 5.41) is 5.54. The van der Waals surface area contributed by atoms with Gasteiger partial charge in [0.15, 0.2) is 11.5 Å². The molecule has 1 aromatic heterocycles. The zero-order valence-electron chi connectivity index (χ0n) is 17.3. The van der Waals surface area contributed by atoms with Crippen LogP contribution in [-0.4, -0.2) is 18.0 Å². The minimum absolute atomic E-state index is 0.0904. The first kappa shape index (κ1) is 22.7. The van der Waals surface area contributed by atoms with Crippen molar-refractivity contribution in [2.45, 2.75) is 6.61 Å². The van der Waals surface area contributed by atoms with E-state index in [-0.39, 0.29) is 23.8 Å². The van der Waals surface area contributed by atoms with Crippen molar-refractivity contribution in [3.8, 4) is 22.1 Å². The van der Waals surface area contributed by atoms with Crippen LogP contribution in [0.25, 0.3) is 10.6 Å². The average molecular weight is 487 g/mol. The molecule has 0 radical (unpaired) electrons. The van der Waals surface area contributed by atoms with Gasteiger partial charge in [-0.3, -0.25) is 4.79 Å². The smallest absolute Gasteiger partial charge is 0.275 e. The molecule has 3 aromatic carbocycles. The highest BCUT2D eigenvalue weighted by Crippen LogP contribution is 2.34. The maximum atomic E-state index is 13.8. The number of nitrogens with zero attached hydrogens (tertiary/aromatic N) is 1. The summed E-state index contributed by atoms with van der Waals surface area (Å²) in [6.45, 7) is -0.0904. The normalized spacial score (nSPS) is 10.7. The Kier molecular flexibility index (Phi) is 6.86. The van der Waals surface area contributed by atoms with Gasteiger partial charge in [0.1, 0.15) is 28.9 Å². The number of ether oxygens (including phenoxy) is 2. The number of hydrogen-bond donors (Lipinski definition) is 1. The Bertz CT molecular complexity index is 1310. The summed E-state index contributed by atoms with van der Waals surface area (Å²) in [6.07, 6.45) is 0. The van der Waals surface area contributed by atoms with Gasteiger partial charge in [0, 0.05) is 33.3 Å². The molecule has 5 nitrogen and oxygen atoms in total. The highest BCUT2D eigenvalue weighted by atomic mass is 35.5. The summed E-state index contributed by atoms with van der Waals surface area (Å²) in [5.74, 6) is -0.886. The van der Waals surface area contributed by atoms with Gasteiger partial charge < -0.3 is 14.8 Å². The van der Waals surface area contributed by atoms with Crippen LogP contribution in [0.3, 0.4) is 0 Å². The highest BCUT2D eigenvalue weighted by Gasteiger charge is 2.15. The maximum absolute atomic E-state index is 13.8. The number of methoxy groups -OCH3 is 1. The lowest BCUT2D eigenvalue weighted by Gasteiger charge is -2.12. The molecule has 0 aliphatic carbocycles. The van der Waals surface area contributed by atoms with E-state index in [1.54, 1.807) is 47.8 Å². The molecule has 0 saturated heterocycles. The second kappa shape index (κ2) is 9.97. The first-order valence-corrected chi connectivity index (χ1v) is 11.0. The van der Waals surface area contributed by atoms with Crippen LogP contribution in [0.2, 0.25) is 5.02 Å². The Morgan fingerprint density at radius 2 is 1.94 bits per heavy atom. The van der Waals surface area contributed by atoms with E-state index in [2.05, 4.69) is 10.3 Å². The van der Waals surface area contributed by atoms with E-state index >= 15 is 0 Å². The number of benzene rings is 3. The van der Waals surface area contributed by atoms with Crippen LogP contribution in [0.4, 0.5) is 14.5 Å². The number of hydrogen-bond acceptors (Lipinski definition) is 5. The van der Waals surface area contributed by atoms with Crippen molar-refractivity contribution < 1.29 is 23.0 Å². The monoisotopic (exact) mass is 486 g/mol. The molecule has 1 heterocycles. The largest absolute Gasteiger partial charge is 0.493 e. The number of carbonyl (C=O) groups is 1. The SMILES string of the molecule is COc1cc(-c2nc(C(=O)Nc3cccc(Cl)c3)cs2)ccc1OCc1ccc(F)cc1F. The molecule has 0 aliphatic heterocycles. The predicted octanol–water partition coefficient (Wildman–Crippen LogP) is 6.58. The van der Waals surface area contributed by atoms with Crippen LogP contribution in [0.5, 0.6) is 11.5 Å². The van der Waals surface area contributed by atoms with Gasteiger partial charge in [-0.25, -0.2) is 13.8 Å². The number of halogens is 3. The van der Waals surface area contributed by atoms with E-state index in [0.717, 1.165) is 11.6 Å². The molecule has 0 aliphatic rings. The number of anilines is 1. The second-order valence-electron chi connectivity index (χ2n) is 6.89. The lowest BCUT2D eigenvalue weighted by atomic mass is 10.2. The van der Waals surface area contributed by atoms with Crippen LogP contribution in [0.1, 0.15) is 16.1 Å². The van der Waals surface area contributed by atoms with E-state index in [9.17, 15) is 13.6 Å². The van der Waals surface area contributed by atoms with Crippen molar-refractivity contribution in [1.29, 1.82) is 0 Å². The Labute approximate surface area is 197 Å². The van der Waals surface area contributed by atoms with E-state index in [1.165, 1.54) is 30.6 Å². The lowest BCUT2D eigenvalue weighted by Crippen LogP contribution is -2.12. The minimum atomic E-state index is -0.683. The molecule has 33 heavy (non-hydrogen) atoms. The van der Waals surface area contributed by atoms with Gasteiger partial charge >= 0.3 is 0 Å². The fourth-order valence-corrected chi connectivity index (χ4v) is 3.97. The molecule has 0 atom stereocenters. The van der Waals surface area contributed by atoms with Gasteiger partial charge in [0.05, 0.1) is 7.11 Å². The van der Waals surface area contributed by atoms with E-state index in [1.807, 2.05) is 0 Å². The van der Waals surface area contributed by atoms with Gasteiger partial charge in [0.2, 0.25) is 0 Å². The zero-order valence-corrected chi connectivity index (χ0v) is 18.8. The number of carbonyl (C=O) groups excluding carboxylic acids is 1. The number of nitrogens with one attached hydrogen (secondary N) is 1. The lowest BCUT2D eigenvalue weighted by molar-refractivity contribution is 0.102. The Hall–Kier alpha value is -3.49. The van der Waals surface area contributed by atoms with Crippen LogP contribution in [0.15, 0.2) is 66.0 Å². The predicted molar refractivity (Wildman–Crippen MR) is 124 cm³/mol. The summed E-state index contributed by atoms with van der Waals surface area (Å²) in [4.78, 5) is 16.9. The molecule has 0 saturated carbocycles. The molecule has 0 spiro atoms. The van der Waals surface area contributed by atoms with Gasteiger partial charge in [0.25, 0.3) is 5.91 Å². The third-order valence-corrected chi connectivity index (χ3v) is 5.75. The molecule has 4 rings (SSSR count). The van der Waals surface area contributed by atoms with Gasteiger partial charge in [-0.05, 0) is 48.5 Å². The molecule has 168 valence electrons. The van der Waals surface area contributed by atoms with Crippen LogP contribution >= 0.6 is 22.9 Å². The Morgan fingerprint density at radius 3 is 2.70 bits per heavy atom. The number of aromatic nitrogens is 1. The summed E-state index contributed by atoms with van der Waals surface area (Å²) >= 11 is 7.25.